The van der Waals surface area contributed by atoms with E-state index in [-0.39, 0.29) is 11.8 Å². The van der Waals surface area contributed by atoms with Gasteiger partial charge in [-0.1, -0.05) is 0 Å². The van der Waals surface area contributed by atoms with Crippen molar-refractivity contribution in [2.24, 2.45) is 12.8 Å². The van der Waals surface area contributed by atoms with E-state index in [1.807, 2.05) is 14.0 Å². The fraction of sp³-hybridized carbons (Fsp3) is 0.600. The van der Waals surface area contributed by atoms with Crippen LogP contribution in [0.1, 0.15) is 36.8 Å². The van der Waals surface area contributed by atoms with Gasteiger partial charge in [0, 0.05) is 31.9 Å². The van der Waals surface area contributed by atoms with Crippen molar-refractivity contribution in [1.29, 1.82) is 0 Å². The lowest BCUT2D eigenvalue weighted by molar-refractivity contribution is 0.0966. The maximum Gasteiger partial charge on any atom is 0.198 e. The summed E-state index contributed by atoms with van der Waals surface area (Å²) in [6.45, 7) is 1.95. The van der Waals surface area contributed by atoms with Gasteiger partial charge in [0.25, 0.3) is 0 Å². The van der Waals surface area contributed by atoms with Crippen molar-refractivity contribution in [2.45, 2.75) is 32.2 Å². The highest BCUT2D eigenvalue weighted by Gasteiger charge is 2.10. The molecule has 0 aliphatic carbocycles. The summed E-state index contributed by atoms with van der Waals surface area (Å²) in [4.78, 5) is 15.6. The molecule has 0 spiro atoms. The molecule has 1 atom stereocenters. The minimum absolute atomic E-state index is 0.0955. The molecule has 2 N–H and O–H groups in total. The first-order chi connectivity index (χ1) is 6.61. The number of hydrogen-bond acceptors (Lipinski definition) is 3. The number of carbonyl (C=O) groups is 1. The third kappa shape index (κ3) is 2.96. The molecule has 0 saturated heterocycles. The number of rotatable bonds is 5. The summed E-state index contributed by atoms with van der Waals surface area (Å²) < 4.78 is 1.74. The molecular formula is C10H17N3O. The second-order valence-corrected chi connectivity index (χ2v) is 3.65. The van der Waals surface area contributed by atoms with Gasteiger partial charge in [-0.05, 0) is 19.8 Å². The quantitative estimate of drug-likeness (QED) is 0.716. The largest absolute Gasteiger partial charge is 0.332 e. The molecule has 1 heterocycles. The second-order valence-electron chi connectivity index (χ2n) is 3.65. The Morgan fingerprint density at radius 2 is 2.43 bits per heavy atom. The maximum atomic E-state index is 11.6. The number of carbonyl (C=O) groups excluding carboxylic acids is 1. The van der Waals surface area contributed by atoms with Crippen LogP contribution in [0.15, 0.2) is 12.4 Å². The van der Waals surface area contributed by atoms with Crippen LogP contribution in [0.3, 0.4) is 0 Å². The van der Waals surface area contributed by atoms with Crippen LogP contribution < -0.4 is 5.73 Å². The molecule has 0 amide bonds. The summed E-state index contributed by atoms with van der Waals surface area (Å²) in [6, 6.07) is 0.171. The highest BCUT2D eigenvalue weighted by atomic mass is 16.1. The van der Waals surface area contributed by atoms with Crippen molar-refractivity contribution in [3.05, 3.63) is 18.2 Å². The van der Waals surface area contributed by atoms with Crippen molar-refractivity contribution >= 4 is 5.78 Å². The minimum atomic E-state index is 0.0955. The summed E-state index contributed by atoms with van der Waals surface area (Å²) in [5.74, 6) is 0.632. The number of nitrogens with two attached hydrogens (primary N) is 1. The van der Waals surface area contributed by atoms with E-state index < -0.39 is 0 Å². The van der Waals surface area contributed by atoms with E-state index in [1.54, 1.807) is 17.0 Å². The number of Topliss-reactive ketones (excluding diaryl/α,β-unsaturated/α-hetero) is 1. The van der Waals surface area contributed by atoms with E-state index in [4.69, 9.17) is 5.73 Å². The van der Waals surface area contributed by atoms with Gasteiger partial charge >= 0.3 is 0 Å². The summed E-state index contributed by atoms with van der Waals surface area (Å²) in [7, 11) is 1.83. The highest BCUT2D eigenvalue weighted by molar-refractivity contribution is 5.92. The van der Waals surface area contributed by atoms with Crippen LogP contribution in [0.4, 0.5) is 0 Å². The summed E-state index contributed by atoms with van der Waals surface area (Å²) in [5, 5.41) is 0. The van der Waals surface area contributed by atoms with Gasteiger partial charge < -0.3 is 10.3 Å². The number of ketones is 1. The van der Waals surface area contributed by atoms with Crippen molar-refractivity contribution in [2.75, 3.05) is 0 Å². The molecule has 0 aromatic carbocycles. The smallest absolute Gasteiger partial charge is 0.198 e. The molecule has 0 radical (unpaired) electrons. The van der Waals surface area contributed by atoms with Gasteiger partial charge in [-0.15, -0.1) is 0 Å². The lowest BCUT2D eigenvalue weighted by Gasteiger charge is -2.03. The number of aryl methyl sites for hydroxylation is 1. The molecule has 14 heavy (non-hydrogen) atoms. The molecular weight excluding hydrogens is 178 g/mol. The van der Waals surface area contributed by atoms with Crippen LogP contribution in [0.5, 0.6) is 0 Å². The number of aromatic nitrogens is 2. The van der Waals surface area contributed by atoms with Crippen LogP contribution in [-0.2, 0) is 7.05 Å². The molecule has 78 valence electrons. The van der Waals surface area contributed by atoms with Crippen LogP contribution in [0, 0.1) is 0 Å². The molecule has 1 unspecified atom stereocenters. The van der Waals surface area contributed by atoms with E-state index in [0.717, 1.165) is 12.8 Å². The van der Waals surface area contributed by atoms with Crippen molar-refractivity contribution in [3.63, 3.8) is 0 Å². The first-order valence-electron chi connectivity index (χ1n) is 4.87. The Morgan fingerprint density at radius 3 is 2.93 bits per heavy atom. The monoisotopic (exact) mass is 195 g/mol. The van der Waals surface area contributed by atoms with E-state index in [2.05, 4.69) is 4.98 Å². The first kappa shape index (κ1) is 10.9. The van der Waals surface area contributed by atoms with Gasteiger partial charge in [0.1, 0.15) is 0 Å². The normalized spacial score (nSPS) is 12.8. The fourth-order valence-corrected chi connectivity index (χ4v) is 1.33. The SMILES string of the molecule is CC(N)CCCC(=O)c1nccn1C. The average Bonchev–Trinajstić information content (AvgIpc) is 2.50. The molecule has 1 rings (SSSR count). The van der Waals surface area contributed by atoms with E-state index in [1.165, 1.54) is 0 Å². The molecule has 0 saturated carbocycles. The van der Waals surface area contributed by atoms with Crippen LogP contribution in [0.25, 0.3) is 0 Å². The van der Waals surface area contributed by atoms with Gasteiger partial charge in [0.2, 0.25) is 0 Å². The molecule has 1 aromatic rings. The minimum Gasteiger partial charge on any atom is -0.332 e. The van der Waals surface area contributed by atoms with Gasteiger partial charge in [0.15, 0.2) is 11.6 Å². The van der Waals surface area contributed by atoms with Crippen LogP contribution >= 0.6 is 0 Å². The number of imidazole rings is 1. The molecule has 4 nitrogen and oxygen atoms in total. The Kier molecular flexibility index (Phi) is 3.83. The van der Waals surface area contributed by atoms with E-state index in [9.17, 15) is 4.79 Å². The molecule has 0 bridgehead atoms. The summed E-state index contributed by atoms with van der Waals surface area (Å²) in [6.07, 6.45) is 5.67. The molecule has 4 heteroatoms. The standard InChI is InChI=1S/C10H17N3O/c1-8(11)4-3-5-9(14)10-12-6-7-13(10)2/h6-8H,3-5,11H2,1-2H3. The zero-order valence-electron chi connectivity index (χ0n) is 8.73. The maximum absolute atomic E-state index is 11.6. The Morgan fingerprint density at radius 1 is 1.71 bits per heavy atom. The number of nitrogens with zero attached hydrogens (tertiary/aromatic N) is 2. The van der Waals surface area contributed by atoms with Crippen LogP contribution in [0.2, 0.25) is 0 Å². The van der Waals surface area contributed by atoms with Gasteiger partial charge in [-0.2, -0.15) is 0 Å². The van der Waals surface area contributed by atoms with E-state index >= 15 is 0 Å². The zero-order valence-corrected chi connectivity index (χ0v) is 8.73. The molecule has 0 aliphatic heterocycles. The number of hydrogen-bond donors (Lipinski definition) is 1. The Labute approximate surface area is 84.1 Å². The zero-order chi connectivity index (χ0) is 10.6. The first-order valence-corrected chi connectivity index (χ1v) is 4.87. The van der Waals surface area contributed by atoms with Gasteiger partial charge in [-0.25, -0.2) is 4.98 Å². The van der Waals surface area contributed by atoms with E-state index in [0.29, 0.717) is 12.2 Å². The molecule has 1 aromatic heterocycles. The molecule has 0 aliphatic rings. The topological polar surface area (TPSA) is 60.9 Å². The summed E-state index contributed by atoms with van der Waals surface area (Å²) >= 11 is 0. The third-order valence-corrected chi connectivity index (χ3v) is 2.13. The van der Waals surface area contributed by atoms with Crippen LogP contribution in [-0.4, -0.2) is 21.4 Å². The van der Waals surface area contributed by atoms with Crippen molar-refractivity contribution < 1.29 is 4.79 Å². The Bertz CT molecular complexity index is 304. The van der Waals surface area contributed by atoms with Crippen molar-refractivity contribution in [1.82, 2.24) is 9.55 Å². The summed E-state index contributed by atoms with van der Waals surface area (Å²) in [5.41, 5.74) is 5.60. The lowest BCUT2D eigenvalue weighted by Crippen LogP contribution is -2.15. The Balaban J connectivity index is 2.40. The van der Waals surface area contributed by atoms with Crippen molar-refractivity contribution in [3.8, 4) is 0 Å². The lowest BCUT2D eigenvalue weighted by atomic mass is 10.1. The third-order valence-electron chi connectivity index (χ3n) is 2.13. The molecule has 0 fully saturated rings. The van der Waals surface area contributed by atoms with Gasteiger partial charge in [-0.3, -0.25) is 4.79 Å². The fourth-order valence-electron chi connectivity index (χ4n) is 1.33. The Hall–Kier alpha value is -1.16. The van der Waals surface area contributed by atoms with Gasteiger partial charge in [0.05, 0.1) is 0 Å². The predicted molar refractivity (Wildman–Crippen MR) is 55.0 cm³/mol. The average molecular weight is 195 g/mol. The highest BCUT2D eigenvalue weighted by Crippen LogP contribution is 2.05. The predicted octanol–water partition coefficient (Wildman–Crippen LogP) is 1.12. The second kappa shape index (κ2) is 4.91.